The fourth-order valence-electron chi connectivity index (χ4n) is 1.51. The molecule has 1 saturated heterocycles. The highest BCUT2D eigenvalue weighted by Gasteiger charge is 2.14. The van der Waals surface area contributed by atoms with E-state index < -0.39 is 0 Å². The number of hydrogen-bond donors (Lipinski definition) is 2. The molecule has 0 aliphatic carbocycles. The number of pyridine rings is 1. The first-order chi connectivity index (χ1) is 6.36. The van der Waals surface area contributed by atoms with Crippen molar-refractivity contribution >= 4 is 15.9 Å². The molecule has 2 heterocycles. The van der Waals surface area contributed by atoms with E-state index in [1.54, 1.807) is 6.20 Å². The summed E-state index contributed by atoms with van der Waals surface area (Å²) in [6.45, 7) is 3.06. The molecule has 0 spiro atoms. The molecule has 0 amide bonds. The van der Waals surface area contributed by atoms with Crippen molar-refractivity contribution in [1.82, 2.24) is 15.6 Å². The molecule has 1 aromatic rings. The summed E-state index contributed by atoms with van der Waals surface area (Å²) in [5.41, 5.74) is 1.24. The largest absolute Gasteiger partial charge is 0.314 e. The number of hydrogen-bond acceptors (Lipinski definition) is 3. The smallest absolute Gasteiger partial charge is 0.0462 e. The lowest BCUT2D eigenvalue weighted by molar-refractivity contribution is 0.429. The van der Waals surface area contributed by atoms with Crippen molar-refractivity contribution in [3.05, 3.63) is 28.5 Å². The molecule has 0 unspecified atom stereocenters. The second kappa shape index (κ2) is 4.17. The summed E-state index contributed by atoms with van der Waals surface area (Å²) in [6.07, 6.45) is 3.72. The van der Waals surface area contributed by atoms with E-state index in [2.05, 4.69) is 37.6 Å². The van der Waals surface area contributed by atoms with Crippen LogP contribution in [0, 0.1) is 0 Å². The zero-order valence-electron chi connectivity index (χ0n) is 7.26. The Kier molecular flexibility index (Phi) is 2.93. The van der Waals surface area contributed by atoms with Gasteiger partial charge in [0.25, 0.3) is 0 Å². The Morgan fingerprint density at radius 1 is 1.38 bits per heavy atom. The highest BCUT2D eigenvalue weighted by molar-refractivity contribution is 9.10. The average Bonchev–Trinajstić information content (AvgIpc) is 2.19. The average molecular weight is 242 g/mol. The van der Waals surface area contributed by atoms with Crippen LogP contribution in [0.25, 0.3) is 0 Å². The van der Waals surface area contributed by atoms with E-state index in [1.165, 1.54) is 5.56 Å². The lowest BCUT2D eigenvalue weighted by atomic mass is 10.1. The zero-order valence-corrected chi connectivity index (χ0v) is 8.84. The quantitative estimate of drug-likeness (QED) is 0.773. The van der Waals surface area contributed by atoms with Gasteiger partial charge in [0, 0.05) is 42.5 Å². The van der Waals surface area contributed by atoms with Gasteiger partial charge in [-0.1, -0.05) is 0 Å². The topological polar surface area (TPSA) is 37.0 Å². The van der Waals surface area contributed by atoms with E-state index in [9.17, 15) is 0 Å². The minimum absolute atomic E-state index is 0.402. The minimum atomic E-state index is 0.402. The molecule has 13 heavy (non-hydrogen) atoms. The minimum Gasteiger partial charge on any atom is -0.314 e. The molecule has 1 aliphatic heterocycles. The molecule has 0 saturated carbocycles. The molecule has 70 valence electrons. The molecule has 2 rings (SSSR count). The third kappa shape index (κ3) is 2.27. The van der Waals surface area contributed by atoms with Crippen molar-refractivity contribution in [3.8, 4) is 0 Å². The molecule has 1 aliphatic rings. The monoisotopic (exact) mass is 241 g/mol. The predicted octanol–water partition coefficient (Wildman–Crippen LogP) is 1.08. The van der Waals surface area contributed by atoms with Crippen molar-refractivity contribution in [2.24, 2.45) is 0 Å². The molecule has 1 fully saturated rings. The molecular weight excluding hydrogens is 230 g/mol. The van der Waals surface area contributed by atoms with E-state index >= 15 is 0 Å². The molecule has 1 aromatic heterocycles. The van der Waals surface area contributed by atoms with Gasteiger partial charge in [0.2, 0.25) is 0 Å². The number of nitrogens with zero attached hydrogens (tertiary/aromatic N) is 1. The highest BCUT2D eigenvalue weighted by Crippen LogP contribution is 2.16. The van der Waals surface area contributed by atoms with E-state index in [0.29, 0.717) is 6.04 Å². The second-order valence-corrected chi connectivity index (χ2v) is 4.06. The third-order valence-electron chi connectivity index (χ3n) is 2.17. The van der Waals surface area contributed by atoms with Gasteiger partial charge in [0.05, 0.1) is 0 Å². The lowest BCUT2D eigenvalue weighted by Crippen LogP contribution is -2.42. The maximum absolute atomic E-state index is 4.14. The summed E-state index contributed by atoms with van der Waals surface area (Å²) in [7, 11) is 0. The van der Waals surface area contributed by atoms with Crippen LogP contribution < -0.4 is 10.6 Å². The molecule has 2 N–H and O–H groups in total. The fourth-order valence-corrected chi connectivity index (χ4v) is 1.89. The Morgan fingerprint density at radius 2 is 2.31 bits per heavy atom. The number of piperazine rings is 1. The highest BCUT2D eigenvalue weighted by atomic mass is 79.9. The van der Waals surface area contributed by atoms with Gasteiger partial charge in [-0.15, -0.1) is 0 Å². The summed E-state index contributed by atoms with van der Waals surface area (Å²) in [5, 5.41) is 6.79. The lowest BCUT2D eigenvalue weighted by Gasteiger charge is -2.24. The van der Waals surface area contributed by atoms with E-state index in [0.717, 1.165) is 24.1 Å². The number of halogens is 1. The summed E-state index contributed by atoms with van der Waals surface area (Å²) >= 11 is 3.42. The van der Waals surface area contributed by atoms with Crippen molar-refractivity contribution in [2.45, 2.75) is 6.04 Å². The normalized spacial score (nSPS) is 23.0. The molecule has 4 heteroatoms. The molecule has 3 nitrogen and oxygen atoms in total. The van der Waals surface area contributed by atoms with Crippen LogP contribution in [0.5, 0.6) is 0 Å². The maximum Gasteiger partial charge on any atom is 0.0462 e. The molecule has 0 bridgehead atoms. The number of aromatic nitrogens is 1. The fraction of sp³-hybridized carbons (Fsp3) is 0.444. The summed E-state index contributed by atoms with van der Waals surface area (Å²) in [6, 6.07) is 2.51. The Labute approximate surface area is 86.1 Å². The van der Waals surface area contributed by atoms with Crippen LogP contribution in [-0.2, 0) is 0 Å². The number of nitrogens with one attached hydrogen (secondary N) is 2. The number of rotatable bonds is 1. The van der Waals surface area contributed by atoms with Gasteiger partial charge >= 0.3 is 0 Å². The van der Waals surface area contributed by atoms with Gasteiger partial charge in [0.15, 0.2) is 0 Å². The van der Waals surface area contributed by atoms with E-state index in [1.807, 2.05) is 6.20 Å². The SMILES string of the molecule is Brc1cncc([C@H]2CNCCN2)c1. The molecular formula is C9H12BrN3. The standard InChI is InChI=1S/C9H12BrN3/c10-8-3-7(4-12-5-8)9-6-11-1-2-13-9/h3-5,9,11,13H,1-2,6H2/t9-/m1/s1. The summed E-state index contributed by atoms with van der Waals surface area (Å²) in [4.78, 5) is 4.14. The van der Waals surface area contributed by atoms with Gasteiger partial charge in [-0.3, -0.25) is 4.98 Å². The van der Waals surface area contributed by atoms with Crippen LogP contribution in [0.4, 0.5) is 0 Å². The Morgan fingerprint density at radius 3 is 3.00 bits per heavy atom. The Bertz CT molecular complexity index is 284. The van der Waals surface area contributed by atoms with Crippen LogP contribution in [-0.4, -0.2) is 24.6 Å². The van der Waals surface area contributed by atoms with E-state index in [4.69, 9.17) is 0 Å². The summed E-state index contributed by atoms with van der Waals surface area (Å²) in [5.74, 6) is 0. The van der Waals surface area contributed by atoms with Crippen molar-refractivity contribution in [1.29, 1.82) is 0 Å². The summed E-state index contributed by atoms with van der Waals surface area (Å²) < 4.78 is 1.04. The van der Waals surface area contributed by atoms with Crippen molar-refractivity contribution in [3.63, 3.8) is 0 Å². The van der Waals surface area contributed by atoms with Crippen LogP contribution >= 0.6 is 15.9 Å². The maximum atomic E-state index is 4.14. The second-order valence-electron chi connectivity index (χ2n) is 3.15. The van der Waals surface area contributed by atoms with Crippen LogP contribution in [0.2, 0.25) is 0 Å². The first-order valence-corrected chi connectivity index (χ1v) is 5.20. The van der Waals surface area contributed by atoms with Gasteiger partial charge in [0.1, 0.15) is 0 Å². The van der Waals surface area contributed by atoms with E-state index in [-0.39, 0.29) is 0 Å². The van der Waals surface area contributed by atoms with Crippen LogP contribution in [0.3, 0.4) is 0 Å². The van der Waals surface area contributed by atoms with Crippen molar-refractivity contribution in [2.75, 3.05) is 19.6 Å². The zero-order chi connectivity index (χ0) is 9.10. The van der Waals surface area contributed by atoms with Gasteiger partial charge < -0.3 is 10.6 Å². The molecule has 0 aromatic carbocycles. The van der Waals surface area contributed by atoms with Crippen LogP contribution in [0.15, 0.2) is 22.9 Å². The third-order valence-corrected chi connectivity index (χ3v) is 2.60. The first kappa shape index (κ1) is 9.12. The molecule has 0 radical (unpaired) electrons. The van der Waals surface area contributed by atoms with Gasteiger partial charge in [-0.05, 0) is 27.6 Å². The molecule has 1 atom stereocenters. The van der Waals surface area contributed by atoms with Crippen LogP contribution in [0.1, 0.15) is 11.6 Å². The van der Waals surface area contributed by atoms with Gasteiger partial charge in [-0.2, -0.15) is 0 Å². The van der Waals surface area contributed by atoms with Gasteiger partial charge in [-0.25, -0.2) is 0 Å². The predicted molar refractivity (Wildman–Crippen MR) is 55.6 cm³/mol. The van der Waals surface area contributed by atoms with Crippen molar-refractivity contribution < 1.29 is 0 Å². The first-order valence-electron chi connectivity index (χ1n) is 4.41. The Hall–Kier alpha value is -0.450. The Balaban J connectivity index is 2.14.